The van der Waals surface area contributed by atoms with E-state index >= 15 is 0 Å². The first-order chi connectivity index (χ1) is 5.81. The standard InChI is InChI=1S/C8H18FNO2/c1-2-10-4-3-5-12-7-8(11)6-9/h8,10-11H,2-7H2,1H3. The molecule has 0 rings (SSSR count). The van der Waals surface area contributed by atoms with Crippen LogP contribution in [0.2, 0.25) is 0 Å². The minimum atomic E-state index is -0.955. The summed E-state index contributed by atoms with van der Waals surface area (Å²) in [6, 6.07) is 0. The number of alkyl halides is 1. The molecule has 0 radical (unpaired) electrons. The number of hydrogen-bond donors (Lipinski definition) is 2. The molecule has 0 fully saturated rings. The number of aliphatic hydroxyl groups is 1. The van der Waals surface area contributed by atoms with Crippen LogP contribution in [0.5, 0.6) is 0 Å². The van der Waals surface area contributed by atoms with Crippen molar-refractivity contribution < 1.29 is 14.2 Å². The van der Waals surface area contributed by atoms with Crippen LogP contribution in [0.1, 0.15) is 13.3 Å². The van der Waals surface area contributed by atoms with E-state index in [-0.39, 0.29) is 6.61 Å². The number of hydrogen-bond acceptors (Lipinski definition) is 3. The van der Waals surface area contributed by atoms with Crippen molar-refractivity contribution in [1.29, 1.82) is 0 Å². The van der Waals surface area contributed by atoms with Gasteiger partial charge in [-0.15, -0.1) is 0 Å². The molecule has 4 heteroatoms. The number of rotatable bonds is 8. The second kappa shape index (κ2) is 8.90. The summed E-state index contributed by atoms with van der Waals surface area (Å²) >= 11 is 0. The van der Waals surface area contributed by atoms with Crippen molar-refractivity contribution in [2.45, 2.75) is 19.4 Å². The summed E-state index contributed by atoms with van der Waals surface area (Å²) in [4.78, 5) is 0. The SMILES string of the molecule is CCNCCCOCC(O)CF. The smallest absolute Gasteiger partial charge is 0.118 e. The molecular formula is C8H18FNO2. The molecule has 0 aliphatic heterocycles. The summed E-state index contributed by atoms with van der Waals surface area (Å²) in [5.74, 6) is 0. The Morgan fingerprint density at radius 1 is 1.58 bits per heavy atom. The van der Waals surface area contributed by atoms with E-state index in [1.807, 2.05) is 6.92 Å². The zero-order valence-corrected chi connectivity index (χ0v) is 7.55. The summed E-state index contributed by atoms with van der Waals surface area (Å²) < 4.78 is 16.7. The molecule has 0 aromatic heterocycles. The number of ether oxygens (including phenoxy) is 1. The van der Waals surface area contributed by atoms with Gasteiger partial charge >= 0.3 is 0 Å². The maximum Gasteiger partial charge on any atom is 0.118 e. The Kier molecular flexibility index (Phi) is 8.76. The predicted molar refractivity (Wildman–Crippen MR) is 46.0 cm³/mol. The van der Waals surface area contributed by atoms with E-state index < -0.39 is 12.8 Å². The van der Waals surface area contributed by atoms with Crippen LogP contribution in [-0.2, 0) is 4.74 Å². The largest absolute Gasteiger partial charge is 0.388 e. The van der Waals surface area contributed by atoms with Gasteiger partial charge in [-0.25, -0.2) is 4.39 Å². The fourth-order valence-corrected chi connectivity index (χ4v) is 0.740. The van der Waals surface area contributed by atoms with Gasteiger partial charge in [-0.3, -0.25) is 0 Å². The van der Waals surface area contributed by atoms with Crippen molar-refractivity contribution in [3.8, 4) is 0 Å². The Bertz CT molecular complexity index is 93.1. The van der Waals surface area contributed by atoms with Gasteiger partial charge in [0.25, 0.3) is 0 Å². The molecule has 0 saturated carbocycles. The fourth-order valence-electron chi connectivity index (χ4n) is 0.740. The zero-order chi connectivity index (χ0) is 9.23. The van der Waals surface area contributed by atoms with E-state index in [1.165, 1.54) is 0 Å². The monoisotopic (exact) mass is 179 g/mol. The van der Waals surface area contributed by atoms with Crippen molar-refractivity contribution in [3.05, 3.63) is 0 Å². The van der Waals surface area contributed by atoms with E-state index in [1.54, 1.807) is 0 Å². The molecule has 0 aromatic carbocycles. The average molecular weight is 179 g/mol. The van der Waals surface area contributed by atoms with E-state index in [2.05, 4.69) is 5.32 Å². The molecule has 0 heterocycles. The molecule has 0 aliphatic rings. The summed E-state index contributed by atoms with van der Waals surface area (Å²) in [6.07, 6.45) is -0.0588. The number of halogens is 1. The molecule has 0 bridgehead atoms. The first-order valence-electron chi connectivity index (χ1n) is 4.33. The van der Waals surface area contributed by atoms with Crippen molar-refractivity contribution in [1.82, 2.24) is 5.32 Å². The zero-order valence-electron chi connectivity index (χ0n) is 7.55. The molecule has 3 nitrogen and oxygen atoms in total. The molecular weight excluding hydrogens is 161 g/mol. The quantitative estimate of drug-likeness (QED) is 0.528. The van der Waals surface area contributed by atoms with Crippen LogP contribution in [0.4, 0.5) is 4.39 Å². The molecule has 0 spiro atoms. The normalized spacial score (nSPS) is 13.2. The maximum absolute atomic E-state index is 11.7. The Morgan fingerprint density at radius 3 is 2.92 bits per heavy atom. The van der Waals surface area contributed by atoms with Gasteiger partial charge in [-0.1, -0.05) is 6.92 Å². The van der Waals surface area contributed by atoms with Crippen LogP contribution >= 0.6 is 0 Å². The van der Waals surface area contributed by atoms with Gasteiger partial charge in [0.15, 0.2) is 0 Å². The highest BCUT2D eigenvalue weighted by Gasteiger charge is 2.01. The van der Waals surface area contributed by atoms with Crippen LogP contribution in [0.3, 0.4) is 0 Å². The van der Waals surface area contributed by atoms with Crippen LogP contribution in [0.25, 0.3) is 0 Å². The molecule has 0 saturated heterocycles. The Balaban J connectivity index is 2.90. The lowest BCUT2D eigenvalue weighted by molar-refractivity contribution is 0.0235. The first-order valence-corrected chi connectivity index (χ1v) is 4.33. The summed E-state index contributed by atoms with van der Waals surface area (Å²) in [6.45, 7) is 3.84. The van der Waals surface area contributed by atoms with Crippen LogP contribution in [0.15, 0.2) is 0 Å². The molecule has 74 valence electrons. The van der Waals surface area contributed by atoms with Crippen molar-refractivity contribution in [3.63, 3.8) is 0 Å². The summed E-state index contributed by atoms with van der Waals surface area (Å²) in [5.41, 5.74) is 0. The molecule has 1 unspecified atom stereocenters. The van der Waals surface area contributed by atoms with Gasteiger partial charge in [-0.2, -0.15) is 0 Å². The second-order valence-electron chi connectivity index (χ2n) is 2.59. The highest BCUT2D eigenvalue weighted by molar-refractivity contribution is 4.49. The number of aliphatic hydroxyl groups excluding tert-OH is 1. The third-order valence-corrected chi connectivity index (χ3v) is 1.38. The Morgan fingerprint density at radius 2 is 2.33 bits per heavy atom. The maximum atomic E-state index is 11.7. The lowest BCUT2D eigenvalue weighted by Gasteiger charge is -2.07. The highest BCUT2D eigenvalue weighted by atomic mass is 19.1. The first kappa shape index (κ1) is 11.8. The molecule has 0 aromatic rings. The van der Waals surface area contributed by atoms with Crippen LogP contribution < -0.4 is 5.32 Å². The fraction of sp³-hybridized carbons (Fsp3) is 1.00. The van der Waals surface area contributed by atoms with Crippen molar-refractivity contribution in [2.75, 3.05) is 33.0 Å². The van der Waals surface area contributed by atoms with Crippen molar-refractivity contribution in [2.24, 2.45) is 0 Å². The summed E-state index contributed by atoms with van der Waals surface area (Å²) in [5, 5.41) is 11.9. The molecule has 2 N–H and O–H groups in total. The third-order valence-electron chi connectivity index (χ3n) is 1.38. The van der Waals surface area contributed by atoms with E-state index in [9.17, 15) is 4.39 Å². The highest BCUT2D eigenvalue weighted by Crippen LogP contribution is 1.87. The molecule has 12 heavy (non-hydrogen) atoms. The second-order valence-corrected chi connectivity index (χ2v) is 2.59. The van der Waals surface area contributed by atoms with Gasteiger partial charge < -0.3 is 15.2 Å². The topological polar surface area (TPSA) is 41.5 Å². The minimum absolute atomic E-state index is 0.0998. The van der Waals surface area contributed by atoms with Crippen molar-refractivity contribution >= 4 is 0 Å². The predicted octanol–water partition coefficient (Wildman–Crippen LogP) is 0.333. The molecule has 1 atom stereocenters. The average Bonchev–Trinajstić information content (AvgIpc) is 2.10. The lowest BCUT2D eigenvalue weighted by Crippen LogP contribution is -2.20. The van der Waals surface area contributed by atoms with E-state index in [4.69, 9.17) is 9.84 Å². The van der Waals surface area contributed by atoms with Gasteiger partial charge in [-0.05, 0) is 19.5 Å². The molecule has 0 amide bonds. The Labute approximate surface area is 72.9 Å². The van der Waals surface area contributed by atoms with Gasteiger partial charge in [0.05, 0.1) is 6.61 Å². The minimum Gasteiger partial charge on any atom is -0.388 e. The molecule has 0 aliphatic carbocycles. The third kappa shape index (κ3) is 7.91. The Hall–Kier alpha value is -0.190. The van der Waals surface area contributed by atoms with Crippen LogP contribution in [-0.4, -0.2) is 44.2 Å². The van der Waals surface area contributed by atoms with Gasteiger partial charge in [0, 0.05) is 6.61 Å². The van der Waals surface area contributed by atoms with Crippen LogP contribution in [0, 0.1) is 0 Å². The lowest BCUT2D eigenvalue weighted by atomic mass is 10.4. The van der Waals surface area contributed by atoms with Gasteiger partial charge in [0.1, 0.15) is 12.8 Å². The van der Waals surface area contributed by atoms with Gasteiger partial charge in [0.2, 0.25) is 0 Å². The summed E-state index contributed by atoms with van der Waals surface area (Å²) in [7, 11) is 0. The van der Waals surface area contributed by atoms with E-state index in [0.717, 1.165) is 19.5 Å². The van der Waals surface area contributed by atoms with E-state index in [0.29, 0.717) is 6.61 Å². The number of nitrogens with one attached hydrogen (secondary N) is 1.